The van der Waals surface area contributed by atoms with Crippen molar-refractivity contribution in [3.05, 3.63) is 35.6 Å². The van der Waals surface area contributed by atoms with Gasteiger partial charge in [0.05, 0.1) is 0 Å². The number of hydrogen-bond acceptors (Lipinski definition) is 2. The highest BCUT2D eigenvalue weighted by Gasteiger charge is 2.41. The number of halogens is 1. The fourth-order valence-corrected chi connectivity index (χ4v) is 2.54. The standard InChI is InChI=1S/C13H18FNS/c1-10(11-3-5-12(14)6-4-11)15-9-13(16-2)7-8-13/h3-6,10,15H,7-9H2,1-2H3. The molecule has 1 aromatic carbocycles. The maximum absolute atomic E-state index is 12.8. The third kappa shape index (κ3) is 2.77. The van der Waals surface area contributed by atoms with Crippen molar-refractivity contribution in [2.45, 2.75) is 30.6 Å². The molecule has 88 valence electrons. The van der Waals surface area contributed by atoms with Crippen LogP contribution in [0.2, 0.25) is 0 Å². The van der Waals surface area contributed by atoms with Crippen LogP contribution in [0.1, 0.15) is 31.4 Å². The molecule has 0 aromatic heterocycles. The Bertz CT molecular complexity index is 345. The van der Waals surface area contributed by atoms with Crippen molar-refractivity contribution in [3.63, 3.8) is 0 Å². The highest BCUT2D eigenvalue weighted by Crippen LogP contribution is 2.46. The first-order valence-electron chi connectivity index (χ1n) is 5.69. The summed E-state index contributed by atoms with van der Waals surface area (Å²) >= 11 is 1.96. The van der Waals surface area contributed by atoms with Crippen LogP contribution < -0.4 is 5.32 Å². The number of hydrogen-bond donors (Lipinski definition) is 1. The van der Waals surface area contributed by atoms with E-state index in [0.717, 1.165) is 12.1 Å². The first-order chi connectivity index (χ1) is 7.65. The number of benzene rings is 1. The Balaban J connectivity index is 1.88. The zero-order chi connectivity index (χ0) is 11.6. The predicted octanol–water partition coefficient (Wildman–Crippen LogP) is 3.37. The molecule has 0 radical (unpaired) electrons. The molecule has 16 heavy (non-hydrogen) atoms. The summed E-state index contributed by atoms with van der Waals surface area (Å²) in [6.45, 7) is 3.18. The third-order valence-electron chi connectivity index (χ3n) is 3.34. The van der Waals surface area contributed by atoms with E-state index in [1.165, 1.54) is 25.0 Å². The van der Waals surface area contributed by atoms with Gasteiger partial charge in [-0.15, -0.1) is 0 Å². The van der Waals surface area contributed by atoms with Gasteiger partial charge in [-0.3, -0.25) is 0 Å². The van der Waals surface area contributed by atoms with E-state index in [2.05, 4.69) is 18.5 Å². The summed E-state index contributed by atoms with van der Waals surface area (Å²) in [4.78, 5) is 0. The second-order valence-corrected chi connectivity index (χ2v) is 5.82. The lowest BCUT2D eigenvalue weighted by molar-refractivity contribution is 0.561. The van der Waals surface area contributed by atoms with E-state index >= 15 is 0 Å². The molecule has 0 heterocycles. The van der Waals surface area contributed by atoms with Gasteiger partial charge in [-0.05, 0) is 43.7 Å². The van der Waals surface area contributed by atoms with Gasteiger partial charge in [0.25, 0.3) is 0 Å². The van der Waals surface area contributed by atoms with E-state index < -0.39 is 0 Å². The molecule has 0 saturated heterocycles. The quantitative estimate of drug-likeness (QED) is 0.845. The number of nitrogens with one attached hydrogen (secondary N) is 1. The largest absolute Gasteiger partial charge is 0.309 e. The van der Waals surface area contributed by atoms with Gasteiger partial charge in [0, 0.05) is 17.3 Å². The smallest absolute Gasteiger partial charge is 0.123 e. The van der Waals surface area contributed by atoms with Crippen LogP contribution in [0.25, 0.3) is 0 Å². The third-order valence-corrected chi connectivity index (χ3v) is 4.76. The van der Waals surface area contributed by atoms with E-state index in [4.69, 9.17) is 0 Å². The SMILES string of the molecule is CSC1(CNC(C)c2ccc(F)cc2)CC1. The zero-order valence-corrected chi connectivity index (χ0v) is 10.6. The maximum atomic E-state index is 12.8. The lowest BCUT2D eigenvalue weighted by Gasteiger charge is -2.18. The highest BCUT2D eigenvalue weighted by molar-refractivity contribution is 8.00. The second-order valence-electron chi connectivity index (χ2n) is 4.54. The van der Waals surface area contributed by atoms with Crippen LogP contribution in [-0.4, -0.2) is 17.5 Å². The summed E-state index contributed by atoms with van der Waals surface area (Å²) in [5.74, 6) is -0.168. The Hall–Kier alpha value is -0.540. The van der Waals surface area contributed by atoms with Gasteiger partial charge < -0.3 is 5.32 Å². The lowest BCUT2D eigenvalue weighted by Crippen LogP contribution is -2.28. The Morgan fingerprint density at radius 1 is 1.38 bits per heavy atom. The Morgan fingerprint density at radius 2 is 2.00 bits per heavy atom. The maximum Gasteiger partial charge on any atom is 0.123 e. The van der Waals surface area contributed by atoms with Crippen LogP contribution in [0, 0.1) is 5.82 Å². The summed E-state index contributed by atoms with van der Waals surface area (Å²) in [7, 11) is 0. The second kappa shape index (κ2) is 4.76. The highest BCUT2D eigenvalue weighted by atomic mass is 32.2. The van der Waals surface area contributed by atoms with E-state index in [-0.39, 0.29) is 5.82 Å². The van der Waals surface area contributed by atoms with Gasteiger partial charge in [-0.2, -0.15) is 11.8 Å². The topological polar surface area (TPSA) is 12.0 Å². The molecule has 2 rings (SSSR count). The van der Waals surface area contributed by atoms with Crippen molar-refractivity contribution in [2.24, 2.45) is 0 Å². The molecular weight excluding hydrogens is 221 g/mol. The van der Waals surface area contributed by atoms with Crippen molar-refractivity contribution >= 4 is 11.8 Å². The van der Waals surface area contributed by atoms with E-state index in [1.54, 1.807) is 0 Å². The minimum Gasteiger partial charge on any atom is -0.309 e. The van der Waals surface area contributed by atoms with E-state index in [9.17, 15) is 4.39 Å². The Kier molecular flexibility index (Phi) is 3.55. The molecule has 0 bridgehead atoms. The molecule has 1 nitrogen and oxygen atoms in total. The summed E-state index contributed by atoms with van der Waals surface area (Å²) in [6.07, 6.45) is 4.81. The molecule has 1 atom stereocenters. The number of rotatable bonds is 5. The van der Waals surface area contributed by atoms with Gasteiger partial charge in [-0.1, -0.05) is 12.1 Å². The lowest BCUT2D eigenvalue weighted by atomic mass is 10.1. The van der Waals surface area contributed by atoms with Crippen LogP contribution in [0.5, 0.6) is 0 Å². The van der Waals surface area contributed by atoms with Gasteiger partial charge in [0.1, 0.15) is 5.82 Å². The molecule has 0 aliphatic heterocycles. The van der Waals surface area contributed by atoms with Gasteiger partial charge in [-0.25, -0.2) is 4.39 Å². The van der Waals surface area contributed by atoms with Crippen LogP contribution >= 0.6 is 11.8 Å². The molecule has 1 saturated carbocycles. The van der Waals surface area contributed by atoms with E-state index in [0.29, 0.717) is 10.8 Å². The first kappa shape index (κ1) is 11.9. The Morgan fingerprint density at radius 3 is 2.50 bits per heavy atom. The molecule has 0 amide bonds. The first-order valence-corrected chi connectivity index (χ1v) is 6.92. The summed E-state index contributed by atoms with van der Waals surface area (Å²) < 4.78 is 13.2. The monoisotopic (exact) mass is 239 g/mol. The van der Waals surface area contributed by atoms with Gasteiger partial charge in [0.2, 0.25) is 0 Å². The molecule has 0 spiro atoms. The van der Waals surface area contributed by atoms with Gasteiger partial charge in [0.15, 0.2) is 0 Å². The molecular formula is C13H18FNS. The average molecular weight is 239 g/mol. The molecule has 1 aliphatic carbocycles. The zero-order valence-electron chi connectivity index (χ0n) is 9.79. The van der Waals surface area contributed by atoms with Crippen LogP contribution in [0.3, 0.4) is 0 Å². The Labute approximate surface area is 101 Å². The summed E-state index contributed by atoms with van der Waals surface area (Å²) in [5, 5.41) is 3.53. The van der Waals surface area contributed by atoms with Crippen LogP contribution in [0.4, 0.5) is 4.39 Å². The molecule has 1 fully saturated rings. The fourth-order valence-electron chi connectivity index (χ4n) is 1.80. The number of thioether (sulfide) groups is 1. The summed E-state index contributed by atoms with van der Waals surface area (Å²) in [5.41, 5.74) is 1.15. The van der Waals surface area contributed by atoms with Crippen molar-refractivity contribution in [2.75, 3.05) is 12.8 Å². The van der Waals surface area contributed by atoms with Crippen molar-refractivity contribution < 1.29 is 4.39 Å². The minimum atomic E-state index is -0.168. The van der Waals surface area contributed by atoms with Crippen molar-refractivity contribution in [3.8, 4) is 0 Å². The predicted molar refractivity (Wildman–Crippen MR) is 68.3 cm³/mol. The molecule has 3 heteroatoms. The van der Waals surface area contributed by atoms with Gasteiger partial charge >= 0.3 is 0 Å². The van der Waals surface area contributed by atoms with Crippen LogP contribution in [-0.2, 0) is 0 Å². The molecule has 1 aromatic rings. The van der Waals surface area contributed by atoms with Crippen molar-refractivity contribution in [1.29, 1.82) is 0 Å². The minimum absolute atomic E-state index is 0.168. The molecule has 1 unspecified atom stereocenters. The molecule has 1 N–H and O–H groups in total. The van der Waals surface area contributed by atoms with E-state index in [1.807, 2.05) is 23.9 Å². The van der Waals surface area contributed by atoms with Crippen LogP contribution in [0.15, 0.2) is 24.3 Å². The summed E-state index contributed by atoms with van der Waals surface area (Å²) in [6, 6.07) is 7.05. The average Bonchev–Trinajstić information content (AvgIpc) is 3.08. The fraction of sp³-hybridized carbons (Fsp3) is 0.538. The normalized spacial score (nSPS) is 19.4. The van der Waals surface area contributed by atoms with Crippen molar-refractivity contribution in [1.82, 2.24) is 5.32 Å². The molecule has 1 aliphatic rings.